The normalized spacial score (nSPS) is 20.8. The number of aryl methyl sites for hydroxylation is 1. The first kappa shape index (κ1) is 16.9. The Hall–Kier alpha value is -2.43. The molecule has 5 nitrogen and oxygen atoms in total. The fourth-order valence-electron chi connectivity index (χ4n) is 2.98. The Balaban J connectivity index is 2.65. The van der Waals surface area contributed by atoms with Crippen molar-refractivity contribution in [3.05, 3.63) is 46.7 Å². The smallest absolute Gasteiger partial charge is 0.336 e. The number of rotatable bonds is 3. The number of hydrogen-bond donors (Lipinski definition) is 0. The van der Waals surface area contributed by atoms with E-state index in [2.05, 4.69) is 4.99 Å². The van der Waals surface area contributed by atoms with E-state index >= 15 is 0 Å². The van der Waals surface area contributed by atoms with E-state index in [9.17, 15) is 9.59 Å². The SMILES string of the molecule is COC(=O)C1=C(C)N=C(C)C(C(=O)OC)C1c1ccc(C)cc1. The molecule has 2 rings (SSSR count). The second-order valence-electron chi connectivity index (χ2n) is 5.63. The summed E-state index contributed by atoms with van der Waals surface area (Å²) in [5.74, 6) is -1.99. The van der Waals surface area contributed by atoms with Crippen LogP contribution in [0.15, 0.2) is 40.5 Å². The second kappa shape index (κ2) is 6.77. The summed E-state index contributed by atoms with van der Waals surface area (Å²) in [6, 6.07) is 7.75. The van der Waals surface area contributed by atoms with Crippen LogP contribution in [0.2, 0.25) is 0 Å². The Morgan fingerprint density at radius 2 is 1.61 bits per heavy atom. The summed E-state index contributed by atoms with van der Waals surface area (Å²) >= 11 is 0. The molecule has 2 atom stereocenters. The van der Waals surface area contributed by atoms with E-state index in [1.54, 1.807) is 13.8 Å². The minimum absolute atomic E-state index is 0.400. The highest BCUT2D eigenvalue weighted by Crippen LogP contribution is 2.39. The number of aliphatic imine (C=N–C) groups is 1. The lowest BCUT2D eigenvalue weighted by Crippen LogP contribution is -2.36. The average Bonchev–Trinajstić information content (AvgIpc) is 2.53. The van der Waals surface area contributed by atoms with Crippen LogP contribution in [0.4, 0.5) is 0 Å². The van der Waals surface area contributed by atoms with Gasteiger partial charge in [-0.3, -0.25) is 9.79 Å². The summed E-state index contributed by atoms with van der Waals surface area (Å²) in [4.78, 5) is 29.0. The largest absolute Gasteiger partial charge is 0.468 e. The molecule has 0 N–H and O–H groups in total. The van der Waals surface area contributed by atoms with Crippen LogP contribution < -0.4 is 0 Å². The fourth-order valence-corrected chi connectivity index (χ4v) is 2.98. The third kappa shape index (κ3) is 3.18. The van der Waals surface area contributed by atoms with Crippen molar-refractivity contribution in [1.82, 2.24) is 0 Å². The van der Waals surface area contributed by atoms with Crippen LogP contribution in [-0.2, 0) is 19.1 Å². The Morgan fingerprint density at radius 3 is 2.13 bits per heavy atom. The summed E-state index contributed by atoms with van der Waals surface area (Å²) in [7, 11) is 2.66. The lowest BCUT2D eigenvalue weighted by molar-refractivity contribution is -0.143. The molecule has 0 spiro atoms. The number of carbonyl (C=O) groups excluding carboxylic acids is 2. The molecule has 2 unspecified atom stereocenters. The third-order valence-electron chi connectivity index (χ3n) is 4.13. The molecule has 0 saturated carbocycles. The standard InChI is InChI=1S/C18H21NO4/c1-10-6-8-13(9-7-10)16-14(17(20)22-4)11(2)19-12(3)15(16)18(21)23-5/h6-9,14,16H,1-5H3. The lowest BCUT2D eigenvalue weighted by Gasteiger charge is -2.31. The molecule has 0 amide bonds. The Bertz CT molecular complexity index is 685. The van der Waals surface area contributed by atoms with E-state index in [1.807, 2.05) is 31.2 Å². The molecular weight excluding hydrogens is 294 g/mol. The van der Waals surface area contributed by atoms with Crippen LogP contribution in [0.25, 0.3) is 0 Å². The number of nitrogens with zero attached hydrogens (tertiary/aromatic N) is 1. The molecule has 0 bridgehead atoms. The number of carbonyl (C=O) groups is 2. The third-order valence-corrected chi connectivity index (χ3v) is 4.13. The van der Waals surface area contributed by atoms with Crippen LogP contribution in [0, 0.1) is 12.8 Å². The van der Waals surface area contributed by atoms with Crippen LogP contribution in [0.3, 0.4) is 0 Å². The highest BCUT2D eigenvalue weighted by Gasteiger charge is 2.41. The van der Waals surface area contributed by atoms with Crippen LogP contribution in [0.1, 0.15) is 30.9 Å². The molecule has 1 aromatic rings. The molecule has 0 fully saturated rings. The Kier molecular flexibility index (Phi) is 4.98. The number of allylic oxidation sites excluding steroid dienone is 1. The van der Waals surface area contributed by atoms with Gasteiger partial charge in [0, 0.05) is 17.3 Å². The van der Waals surface area contributed by atoms with Gasteiger partial charge in [-0.05, 0) is 26.3 Å². The van der Waals surface area contributed by atoms with Gasteiger partial charge in [0.2, 0.25) is 0 Å². The van der Waals surface area contributed by atoms with Crippen molar-refractivity contribution in [1.29, 1.82) is 0 Å². The van der Waals surface area contributed by atoms with Gasteiger partial charge in [0.25, 0.3) is 0 Å². The first-order valence-electron chi connectivity index (χ1n) is 7.39. The zero-order valence-electron chi connectivity index (χ0n) is 14.0. The van der Waals surface area contributed by atoms with Crippen LogP contribution >= 0.6 is 0 Å². The first-order chi connectivity index (χ1) is 10.9. The topological polar surface area (TPSA) is 65.0 Å². The Labute approximate surface area is 136 Å². The van der Waals surface area contributed by atoms with Gasteiger partial charge in [-0.1, -0.05) is 29.8 Å². The van der Waals surface area contributed by atoms with Crippen molar-refractivity contribution >= 4 is 17.7 Å². The Morgan fingerprint density at radius 1 is 1.00 bits per heavy atom. The molecule has 122 valence electrons. The average molecular weight is 315 g/mol. The number of methoxy groups -OCH3 is 2. The second-order valence-corrected chi connectivity index (χ2v) is 5.63. The van der Waals surface area contributed by atoms with Crippen molar-refractivity contribution in [3.8, 4) is 0 Å². The van der Waals surface area contributed by atoms with Gasteiger partial charge in [-0.2, -0.15) is 0 Å². The van der Waals surface area contributed by atoms with Crippen LogP contribution in [-0.4, -0.2) is 31.9 Å². The van der Waals surface area contributed by atoms with E-state index < -0.39 is 23.8 Å². The number of benzene rings is 1. The maximum Gasteiger partial charge on any atom is 0.336 e. The van der Waals surface area contributed by atoms with E-state index in [0.29, 0.717) is 17.0 Å². The van der Waals surface area contributed by atoms with Gasteiger partial charge >= 0.3 is 11.9 Å². The van der Waals surface area contributed by atoms with Crippen molar-refractivity contribution in [2.45, 2.75) is 26.7 Å². The van der Waals surface area contributed by atoms with Crippen molar-refractivity contribution in [2.75, 3.05) is 14.2 Å². The molecule has 1 aliphatic rings. The molecule has 1 aromatic carbocycles. The molecule has 23 heavy (non-hydrogen) atoms. The molecule has 1 aliphatic heterocycles. The fraction of sp³-hybridized carbons (Fsp3) is 0.389. The summed E-state index contributed by atoms with van der Waals surface area (Å²) in [6.45, 7) is 5.52. The summed E-state index contributed by atoms with van der Waals surface area (Å²) in [5, 5.41) is 0. The summed E-state index contributed by atoms with van der Waals surface area (Å²) in [6.07, 6.45) is 0. The van der Waals surface area contributed by atoms with Gasteiger partial charge in [0.1, 0.15) is 5.92 Å². The van der Waals surface area contributed by atoms with Crippen molar-refractivity contribution < 1.29 is 19.1 Å². The highest BCUT2D eigenvalue weighted by molar-refractivity contribution is 6.06. The summed E-state index contributed by atoms with van der Waals surface area (Å²) < 4.78 is 9.85. The van der Waals surface area contributed by atoms with Gasteiger partial charge < -0.3 is 9.47 Å². The molecule has 0 aliphatic carbocycles. The number of esters is 2. The van der Waals surface area contributed by atoms with E-state index in [4.69, 9.17) is 9.47 Å². The van der Waals surface area contributed by atoms with Crippen molar-refractivity contribution in [2.24, 2.45) is 10.9 Å². The minimum Gasteiger partial charge on any atom is -0.468 e. The first-order valence-corrected chi connectivity index (χ1v) is 7.39. The maximum absolute atomic E-state index is 12.3. The van der Waals surface area contributed by atoms with Gasteiger partial charge in [0.15, 0.2) is 0 Å². The molecule has 1 heterocycles. The van der Waals surface area contributed by atoms with E-state index in [1.165, 1.54) is 14.2 Å². The van der Waals surface area contributed by atoms with Crippen molar-refractivity contribution in [3.63, 3.8) is 0 Å². The maximum atomic E-state index is 12.3. The minimum atomic E-state index is -0.638. The molecule has 0 aromatic heterocycles. The molecule has 5 heteroatoms. The van der Waals surface area contributed by atoms with Gasteiger partial charge in [-0.15, -0.1) is 0 Å². The van der Waals surface area contributed by atoms with E-state index in [0.717, 1.165) is 11.1 Å². The molecule has 0 radical (unpaired) electrons. The monoisotopic (exact) mass is 315 g/mol. The van der Waals surface area contributed by atoms with E-state index in [-0.39, 0.29) is 0 Å². The molecular formula is C18H21NO4. The highest BCUT2D eigenvalue weighted by atomic mass is 16.5. The van der Waals surface area contributed by atoms with Gasteiger partial charge in [0.05, 0.1) is 19.8 Å². The predicted molar refractivity (Wildman–Crippen MR) is 87.3 cm³/mol. The number of hydrogen-bond acceptors (Lipinski definition) is 5. The number of ether oxygens (including phenoxy) is 2. The van der Waals surface area contributed by atoms with Crippen LogP contribution in [0.5, 0.6) is 0 Å². The predicted octanol–water partition coefficient (Wildman–Crippen LogP) is 2.79. The summed E-state index contributed by atoms with van der Waals surface area (Å²) in [5.41, 5.74) is 3.56. The zero-order valence-corrected chi connectivity index (χ0v) is 14.0. The van der Waals surface area contributed by atoms with Gasteiger partial charge in [-0.25, -0.2) is 4.79 Å². The zero-order chi connectivity index (χ0) is 17.1. The molecule has 0 saturated heterocycles. The lowest BCUT2D eigenvalue weighted by atomic mass is 9.75. The quantitative estimate of drug-likeness (QED) is 0.805.